The minimum Gasteiger partial charge on any atom is -0.491 e. The average Bonchev–Trinajstić information content (AvgIpc) is 2.31. The zero-order valence-electron chi connectivity index (χ0n) is 9.42. The molecule has 0 spiro atoms. The smallest absolute Gasteiger partial charge is 0.148 e. The molecule has 0 atom stereocenters. The quantitative estimate of drug-likeness (QED) is 0.605. The standard InChI is InChI=1S/C11H11BrClNO2S/c1-15-14-8-3-4-16-10-7(13)5-6(12)11(17-2)9(8)10/h5H,3-4H2,1-2H3. The van der Waals surface area contributed by atoms with Gasteiger partial charge in [0, 0.05) is 15.8 Å². The van der Waals surface area contributed by atoms with Crippen molar-refractivity contribution in [1.29, 1.82) is 0 Å². The van der Waals surface area contributed by atoms with Crippen molar-refractivity contribution < 1.29 is 9.57 Å². The van der Waals surface area contributed by atoms with Crippen LogP contribution in [-0.2, 0) is 4.84 Å². The minimum absolute atomic E-state index is 0.574. The minimum atomic E-state index is 0.574. The number of fused-ring (bicyclic) bond motifs is 1. The predicted octanol–water partition coefficient (Wildman–Crippen LogP) is 3.96. The van der Waals surface area contributed by atoms with Gasteiger partial charge in [0.05, 0.1) is 22.9 Å². The molecule has 92 valence electrons. The highest BCUT2D eigenvalue weighted by atomic mass is 79.9. The highest BCUT2D eigenvalue weighted by molar-refractivity contribution is 9.10. The summed E-state index contributed by atoms with van der Waals surface area (Å²) in [4.78, 5) is 5.95. The molecule has 0 aliphatic carbocycles. The van der Waals surface area contributed by atoms with Gasteiger partial charge in [0.2, 0.25) is 0 Å². The van der Waals surface area contributed by atoms with E-state index in [0.29, 0.717) is 17.4 Å². The lowest BCUT2D eigenvalue weighted by molar-refractivity contribution is 0.210. The van der Waals surface area contributed by atoms with Crippen molar-refractivity contribution in [3.63, 3.8) is 0 Å². The third-order valence-electron chi connectivity index (χ3n) is 2.42. The van der Waals surface area contributed by atoms with Crippen molar-refractivity contribution >= 4 is 45.0 Å². The molecule has 0 aromatic heterocycles. The summed E-state index contributed by atoms with van der Waals surface area (Å²) in [5, 5.41) is 4.65. The van der Waals surface area contributed by atoms with Crippen LogP contribution in [0.25, 0.3) is 0 Å². The molecular formula is C11H11BrClNO2S. The van der Waals surface area contributed by atoms with E-state index in [0.717, 1.165) is 27.1 Å². The van der Waals surface area contributed by atoms with Crippen LogP contribution in [0.1, 0.15) is 12.0 Å². The van der Waals surface area contributed by atoms with Gasteiger partial charge in [-0.1, -0.05) is 16.8 Å². The molecule has 17 heavy (non-hydrogen) atoms. The van der Waals surface area contributed by atoms with Gasteiger partial charge in [0.15, 0.2) is 0 Å². The molecule has 0 N–H and O–H groups in total. The largest absolute Gasteiger partial charge is 0.491 e. The molecule has 0 fully saturated rings. The number of hydrogen-bond donors (Lipinski definition) is 0. The van der Waals surface area contributed by atoms with Gasteiger partial charge in [0.25, 0.3) is 0 Å². The molecular weight excluding hydrogens is 326 g/mol. The Balaban J connectivity index is 2.68. The van der Waals surface area contributed by atoms with Crippen LogP contribution in [0, 0.1) is 0 Å². The fraction of sp³-hybridized carbons (Fsp3) is 0.364. The van der Waals surface area contributed by atoms with Gasteiger partial charge < -0.3 is 9.57 Å². The lowest BCUT2D eigenvalue weighted by Crippen LogP contribution is -2.18. The number of oxime groups is 1. The molecule has 3 nitrogen and oxygen atoms in total. The molecule has 1 aliphatic heterocycles. The fourth-order valence-electron chi connectivity index (χ4n) is 1.76. The topological polar surface area (TPSA) is 30.8 Å². The van der Waals surface area contributed by atoms with Crippen molar-refractivity contribution in [2.75, 3.05) is 20.0 Å². The molecule has 0 unspecified atom stereocenters. The van der Waals surface area contributed by atoms with Gasteiger partial charge in [-0.3, -0.25) is 0 Å². The normalized spacial score (nSPS) is 16.6. The molecule has 0 radical (unpaired) electrons. The molecule has 0 amide bonds. The summed E-state index contributed by atoms with van der Waals surface area (Å²) >= 11 is 11.3. The number of nitrogens with zero attached hydrogens (tertiary/aromatic N) is 1. The monoisotopic (exact) mass is 335 g/mol. The zero-order chi connectivity index (χ0) is 12.4. The Morgan fingerprint density at radius 2 is 2.35 bits per heavy atom. The Hall–Kier alpha value is -0.390. The first-order chi connectivity index (χ1) is 8.19. The highest BCUT2D eigenvalue weighted by Crippen LogP contribution is 2.43. The van der Waals surface area contributed by atoms with Gasteiger partial charge in [-0.2, -0.15) is 0 Å². The van der Waals surface area contributed by atoms with E-state index >= 15 is 0 Å². The van der Waals surface area contributed by atoms with E-state index in [1.807, 2.05) is 12.3 Å². The number of benzene rings is 1. The SMILES string of the molecule is CON=C1CCOc2c(Cl)cc(Br)c(SC)c21. The van der Waals surface area contributed by atoms with Crippen LogP contribution >= 0.6 is 39.3 Å². The van der Waals surface area contributed by atoms with Crippen LogP contribution in [0.2, 0.25) is 5.02 Å². The molecule has 0 saturated carbocycles. The highest BCUT2D eigenvalue weighted by Gasteiger charge is 2.25. The first-order valence-corrected chi connectivity index (χ1v) is 7.37. The number of halogens is 2. The van der Waals surface area contributed by atoms with Crippen molar-refractivity contribution in [2.45, 2.75) is 11.3 Å². The number of rotatable bonds is 2. The number of ether oxygens (including phenoxy) is 1. The maximum absolute atomic E-state index is 6.18. The van der Waals surface area contributed by atoms with Crippen LogP contribution in [0.5, 0.6) is 5.75 Å². The van der Waals surface area contributed by atoms with Gasteiger partial charge in [-0.15, -0.1) is 11.8 Å². The Labute approximate surface area is 118 Å². The van der Waals surface area contributed by atoms with E-state index in [4.69, 9.17) is 21.2 Å². The van der Waals surface area contributed by atoms with Gasteiger partial charge in [-0.05, 0) is 28.3 Å². The molecule has 1 aromatic carbocycles. The molecule has 0 bridgehead atoms. The Kier molecular flexibility index (Phi) is 4.22. The average molecular weight is 337 g/mol. The molecule has 1 heterocycles. The Morgan fingerprint density at radius 3 is 3.00 bits per heavy atom. The fourth-order valence-corrected chi connectivity index (χ4v) is 3.73. The summed E-state index contributed by atoms with van der Waals surface area (Å²) in [5.74, 6) is 0.696. The summed E-state index contributed by atoms with van der Waals surface area (Å²) < 4.78 is 6.57. The van der Waals surface area contributed by atoms with Crippen LogP contribution in [0.3, 0.4) is 0 Å². The van der Waals surface area contributed by atoms with E-state index in [9.17, 15) is 0 Å². The summed E-state index contributed by atoms with van der Waals surface area (Å²) in [6, 6.07) is 1.85. The maximum Gasteiger partial charge on any atom is 0.148 e. The zero-order valence-corrected chi connectivity index (χ0v) is 12.6. The van der Waals surface area contributed by atoms with Gasteiger partial charge >= 0.3 is 0 Å². The lowest BCUT2D eigenvalue weighted by atomic mass is 10.0. The van der Waals surface area contributed by atoms with E-state index < -0.39 is 0 Å². The van der Waals surface area contributed by atoms with E-state index in [-0.39, 0.29) is 0 Å². The summed E-state index contributed by atoms with van der Waals surface area (Å²) in [5.41, 5.74) is 1.81. The first-order valence-electron chi connectivity index (χ1n) is 4.98. The molecule has 2 rings (SSSR count). The third-order valence-corrected chi connectivity index (χ3v) is 4.42. The molecule has 1 aromatic rings. The van der Waals surface area contributed by atoms with Crippen LogP contribution < -0.4 is 4.74 Å². The third kappa shape index (κ3) is 2.41. The Morgan fingerprint density at radius 1 is 1.59 bits per heavy atom. The van der Waals surface area contributed by atoms with Crippen LogP contribution in [-0.4, -0.2) is 25.7 Å². The Bertz CT molecular complexity index is 459. The van der Waals surface area contributed by atoms with Crippen molar-refractivity contribution in [3.05, 3.63) is 21.1 Å². The second-order valence-electron chi connectivity index (χ2n) is 3.40. The van der Waals surface area contributed by atoms with E-state index in [1.54, 1.807) is 18.9 Å². The summed E-state index contributed by atoms with van der Waals surface area (Å²) in [6.07, 6.45) is 2.73. The van der Waals surface area contributed by atoms with Crippen molar-refractivity contribution in [3.8, 4) is 5.75 Å². The molecule has 1 aliphatic rings. The van der Waals surface area contributed by atoms with Crippen LogP contribution in [0.4, 0.5) is 0 Å². The number of thioether (sulfide) groups is 1. The van der Waals surface area contributed by atoms with E-state index in [2.05, 4.69) is 21.1 Å². The van der Waals surface area contributed by atoms with E-state index in [1.165, 1.54) is 0 Å². The number of hydrogen-bond acceptors (Lipinski definition) is 4. The van der Waals surface area contributed by atoms with Gasteiger partial charge in [-0.25, -0.2) is 0 Å². The predicted molar refractivity (Wildman–Crippen MR) is 74.6 cm³/mol. The summed E-state index contributed by atoms with van der Waals surface area (Å²) in [6.45, 7) is 0.574. The molecule has 0 saturated heterocycles. The maximum atomic E-state index is 6.18. The second kappa shape index (κ2) is 5.50. The lowest BCUT2D eigenvalue weighted by Gasteiger charge is -2.22. The molecule has 6 heteroatoms. The first kappa shape index (κ1) is 13.1. The van der Waals surface area contributed by atoms with Gasteiger partial charge in [0.1, 0.15) is 12.9 Å². The summed E-state index contributed by atoms with van der Waals surface area (Å²) in [7, 11) is 1.54. The van der Waals surface area contributed by atoms with Crippen molar-refractivity contribution in [1.82, 2.24) is 0 Å². The second-order valence-corrected chi connectivity index (χ2v) is 5.47. The van der Waals surface area contributed by atoms with Crippen LogP contribution in [0.15, 0.2) is 20.6 Å². The van der Waals surface area contributed by atoms with Crippen molar-refractivity contribution in [2.24, 2.45) is 5.16 Å².